The molecule has 1 N–H and O–H groups in total. The van der Waals surface area contributed by atoms with E-state index in [-0.39, 0.29) is 0 Å². The maximum absolute atomic E-state index is 7.36. The summed E-state index contributed by atoms with van der Waals surface area (Å²) in [5, 5.41) is 7.36. The Balaban J connectivity index is 2.83. The summed E-state index contributed by atoms with van der Waals surface area (Å²) in [6.45, 7) is 2.04. The van der Waals surface area contributed by atoms with Gasteiger partial charge in [0, 0.05) is 0 Å². The van der Waals surface area contributed by atoms with Crippen LogP contribution in [-0.2, 0) is 0 Å². The van der Waals surface area contributed by atoms with Crippen LogP contribution in [0.25, 0.3) is 0 Å². The van der Waals surface area contributed by atoms with Crippen molar-refractivity contribution in [3.05, 3.63) is 36.0 Å². The number of hydrogen-bond donors (Lipinski definition) is 1. The zero-order valence-corrected chi connectivity index (χ0v) is 6.09. The van der Waals surface area contributed by atoms with Gasteiger partial charge in [-0.2, -0.15) is 0 Å². The van der Waals surface area contributed by atoms with Crippen molar-refractivity contribution in [2.24, 2.45) is 0 Å². The van der Waals surface area contributed by atoms with E-state index in [0.29, 0.717) is 5.71 Å². The van der Waals surface area contributed by atoms with Crippen molar-refractivity contribution >= 4 is 5.71 Å². The Morgan fingerprint density at radius 2 is 2.20 bits per heavy atom. The van der Waals surface area contributed by atoms with E-state index in [0.717, 1.165) is 6.42 Å². The predicted octanol–water partition coefficient (Wildman–Crippen LogP) is 2.47. The van der Waals surface area contributed by atoms with Gasteiger partial charge in [-0.3, -0.25) is 0 Å². The summed E-state index contributed by atoms with van der Waals surface area (Å²) in [6.07, 6.45) is 10.6. The molecular weight excluding hydrogens is 122 g/mol. The van der Waals surface area contributed by atoms with Crippen LogP contribution in [0.5, 0.6) is 0 Å². The van der Waals surface area contributed by atoms with Gasteiger partial charge in [-0.05, 0) is 25.5 Å². The van der Waals surface area contributed by atoms with Crippen molar-refractivity contribution in [2.75, 3.05) is 0 Å². The molecule has 0 aromatic rings. The summed E-state index contributed by atoms with van der Waals surface area (Å²) in [6, 6.07) is 0. The van der Waals surface area contributed by atoms with Crippen LogP contribution in [0.4, 0.5) is 0 Å². The van der Waals surface area contributed by atoms with Gasteiger partial charge in [-0.1, -0.05) is 23.8 Å². The fourth-order valence-electron chi connectivity index (χ4n) is 0.864. The van der Waals surface area contributed by atoms with Crippen LogP contribution < -0.4 is 0 Å². The van der Waals surface area contributed by atoms with E-state index in [1.165, 1.54) is 5.57 Å². The Bertz CT molecular complexity index is 219. The standard InChI is InChI=1S/C9H11N/c1-8-5-3-2-4-6-9(10)7-8/h2-4,6-7,10H,5H2,1H3/b3-2-,6-4-,8-7-,10-9?. The normalized spacial score (nSPS) is 29.7. The molecule has 52 valence electrons. The highest BCUT2D eigenvalue weighted by atomic mass is 14.4. The molecule has 1 nitrogen and oxygen atoms in total. The molecule has 0 aliphatic heterocycles. The molecule has 0 amide bonds. The van der Waals surface area contributed by atoms with Gasteiger partial charge in [0.25, 0.3) is 0 Å². The van der Waals surface area contributed by atoms with Gasteiger partial charge in [0.1, 0.15) is 0 Å². The molecule has 0 atom stereocenters. The van der Waals surface area contributed by atoms with E-state index >= 15 is 0 Å². The average molecular weight is 133 g/mol. The van der Waals surface area contributed by atoms with Crippen molar-refractivity contribution in [1.29, 1.82) is 5.41 Å². The third kappa shape index (κ3) is 2.02. The highest BCUT2D eigenvalue weighted by molar-refractivity contribution is 6.02. The molecule has 1 aliphatic carbocycles. The van der Waals surface area contributed by atoms with Gasteiger partial charge in [0.15, 0.2) is 0 Å². The van der Waals surface area contributed by atoms with Crippen LogP contribution in [0.1, 0.15) is 13.3 Å². The second-order valence-electron chi connectivity index (χ2n) is 2.44. The van der Waals surface area contributed by atoms with Crippen LogP contribution in [0.3, 0.4) is 0 Å². The lowest BCUT2D eigenvalue weighted by molar-refractivity contribution is 1.21. The number of nitrogens with one attached hydrogen (secondary N) is 1. The minimum atomic E-state index is 0.585. The van der Waals surface area contributed by atoms with Crippen LogP contribution >= 0.6 is 0 Å². The van der Waals surface area contributed by atoms with Crippen molar-refractivity contribution in [3.8, 4) is 0 Å². The van der Waals surface area contributed by atoms with Crippen LogP contribution in [0, 0.1) is 5.41 Å². The highest BCUT2D eigenvalue weighted by Gasteiger charge is 1.90. The second-order valence-corrected chi connectivity index (χ2v) is 2.44. The third-order valence-electron chi connectivity index (χ3n) is 1.36. The van der Waals surface area contributed by atoms with Crippen LogP contribution in [0.15, 0.2) is 36.0 Å². The summed E-state index contributed by atoms with van der Waals surface area (Å²) in [4.78, 5) is 0. The van der Waals surface area contributed by atoms with E-state index in [1.54, 1.807) is 6.08 Å². The fraction of sp³-hybridized carbons (Fsp3) is 0.222. The minimum Gasteiger partial charge on any atom is -0.301 e. The first-order valence-corrected chi connectivity index (χ1v) is 3.38. The van der Waals surface area contributed by atoms with Crippen molar-refractivity contribution in [2.45, 2.75) is 13.3 Å². The van der Waals surface area contributed by atoms with E-state index in [2.05, 4.69) is 6.08 Å². The first-order valence-electron chi connectivity index (χ1n) is 3.38. The molecule has 0 aromatic carbocycles. The second kappa shape index (κ2) is 3.16. The lowest BCUT2D eigenvalue weighted by Crippen LogP contribution is -1.87. The molecule has 0 bridgehead atoms. The highest BCUT2D eigenvalue weighted by Crippen LogP contribution is 2.03. The molecule has 0 heterocycles. The summed E-state index contributed by atoms with van der Waals surface area (Å²) >= 11 is 0. The molecule has 0 radical (unpaired) electrons. The van der Waals surface area contributed by atoms with Crippen molar-refractivity contribution in [1.82, 2.24) is 0 Å². The van der Waals surface area contributed by atoms with Crippen molar-refractivity contribution in [3.63, 3.8) is 0 Å². The number of hydrogen-bond acceptors (Lipinski definition) is 1. The van der Waals surface area contributed by atoms with E-state index < -0.39 is 0 Å². The van der Waals surface area contributed by atoms with Crippen molar-refractivity contribution < 1.29 is 0 Å². The fourth-order valence-corrected chi connectivity index (χ4v) is 0.864. The molecule has 0 saturated carbocycles. The predicted molar refractivity (Wildman–Crippen MR) is 44.4 cm³/mol. The Labute approximate surface area is 61.3 Å². The molecule has 1 rings (SSSR count). The van der Waals surface area contributed by atoms with Gasteiger partial charge in [0.05, 0.1) is 5.71 Å². The maximum Gasteiger partial charge on any atom is 0.0539 e. The number of allylic oxidation sites excluding steroid dienone is 6. The lowest BCUT2D eigenvalue weighted by atomic mass is 10.1. The quantitative estimate of drug-likeness (QED) is 0.525. The summed E-state index contributed by atoms with van der Waals surface area (Å²) in [7, 11) is 0. The Morgan fingerprint density at radius 3 is 3.00 bits per heavy atom. The summed E-state index contributed by atoms with van der Waals surface area (Å²) in [5.74, 6) is 0. The molecule has 10 heavy (non-hydrogen) atoms. The van der Waals surface area contributed by atoms with Crippen LogP contribution in [-0.4, -0.2) is 5.71 Å². The first kappa shape index (κ1) is 7.00. The average Bonchev–Trinajstić information content (AvgIpc) is 1.83. The largest absolute Gasteiger partial charge is 0.301 e. The molecule has 1 heteroatoms. The maximum atomic E-state index is 7.36. The van der Waals surface area contributed by atoms with Gasteiger partial charge < -0.3 is 5.41 Å². The molecule has 0 spiro atoms. The van der Waals surface area contributed by atoms with E-state index in [9.17, 15) is 0 Å². The molecule has 1 aliphatic rings. The Hall–Kier alpha value is -1.11. The van der Waals surface area contributed by atoms with E-state index in [1.807, 2.05) is 25.2 Å². The molecule has 0 saturated heterocycles. The van der Waals surface area contributed by atoms with Gasteiger partial charge in [-0.15, -0.1) is 0 Å². The molecule has 0 fully saturated rings. The number of rotatable bonds is 0. The van der Waals surface area contributed by atoms with Gasteiger partial charge in [-0.25, -0.2) is 0 Å². The molecule has 0 unspecified atom stereocenters. The third-order valence-corrected chi connectivity index (χ3v) is 1.36. The smallest absolute Gasteiger partial charge is 0.0539 e. The molecule has 0 aromatic heterocycles. The summed E-state index contributed by atoms with van der Waals surface area (Å²) < 4.78 is 0. The van der Waals surface area contributed by atoms with E-state index in [4.69, 9.17) is 5.41 Å². The SMILES string of the molecule is C/C1=C/C(=N)/C=C\C=C/C1. The van der Waals surface area contributed by atoms with Gasteiger partial charge >= 0.3 is 0 Å². The summed E-state index contributed by atoms with van der Waals surface area (Å²) in [5.41, 5.74) is 1.83. The van der Waals surface area contributed by atoms with Crippen LogP contribution in [0.2, 0.25) is 0 Å². The van der Waals surface area contributed by atoms with Gasteiger partial charge in [0.2, 0.25) is 0 Å². The first-order chi connectivity index (χ1) is 4.79. The monoisotopic (exact) mass is 133 g/mol. The Morgan fingerprint density at radius 1 is 1.40 bits per heavy atom. The molecular formula is C9H11N. The minimum absolute atomic E-state index is 0.585. The Kier molecular flexibility index (Phi) is 2.21. The zero-order valence-electron chi connectivity index (χ0n) is 6.09. The zero-order chi connectivity index (χ0) is 7.40. The lowest BCUT2D eigenvalue weighted by Gasteiger charge is -1.96. The topological polar surface area (TPSA) is 23.9 Å².